The van der Waals surface area contributed by atoms with Crippen LogP contribution in [-0.4, -0.2) is 49.0 Å². The highest BCUT2D eigenvalue weighted by Gasteiger charge is 2.39. The monoisotopic (exact) mass is 428 g/mol. The van der Waals surface area contributed by atoms with Crippen LogP contribution >= 0.6 is 0 Å². The number of benzene rings is 1. The molecular weight excluding hydrogens is 401 g/mol. The highest BCUT2D eigenvalue weighted by Crippen LogP contribution is 2.22. The molecule has 1 saturated heterocycles. The first-order valence-corrected chi connectivity index (χ1v) is 17.7. The standard InChI is InChI=1S/C16H28O6Si4/c1-6-14-8-10-15(11-9-14)16(17)18-12-7-13-26(5)21-24(3)19-23(2)20-25(4)22-26/h6,8-11,23-25H,1,7,12-13H2,2-5H3. The molecule has 0 saturated carbocycles. The van der Waals surface area contributed by atoms with Crippen LogP contribution in [0.15, 0.2) is 30.8 Å². The lowest BCUT2D eigenvalue weighted by atomic mass is 10.1. The first kappa shape index (κ1) is 21.4. The molecule has 144 valence electrons. The minimum absolute atomic E-state index is 0.316. The molecule has 0 N–H and O–H groups in total. The van der Waals surface area contributed by atoms with Gasteiger partial charge in [-0.3, -0.25) is 0 Å². The molecule has 1 aromatic rings. The number of carbonyl (C=O) groups is 1. The molecule has 0 radical (unpaired) electrons. The Morgan fingerprint density at radius 3 is 2.23 bits per heavy atom. The summed E-state index contributed by atoms with van der Waals surface area (Å²) < 4.78 is 29.6. The molecule has 2 atom stereocenters. The summed E-state index contributed by atoms with van der Waals surface area (Å²) in [5.41, 5.74) is 1.51. The van der Waals surface area contributed by atoms with Crippen molar-refractivity contribution in [2.45, 2.75) is 38.7 Å². The zero-order chi connectivity index (χ0) is 19.2. The van der Waals surface area contributed by atoms with Gasteiger partial charge in [-0.1, -0.05) is 24.8 Å². The van der Waals surface area contributed by atoms with Gasteiger partial charge in [0.1, 0.15) is 0 Å². The van der Waals surface area contributed by atoms with E-state index in [1.165, 1.54) is 0 Å². The summed E-state index contributed by atoms with van der Waals surface area (Å²) in [6.07, 6.45) is 2.44. The van der Waals surface area contributed by atoms with Gasteiger partial charge in [0, 0.05) is 0 Å². The molecule has 1 aliphatic rings. The van der Waals surface area contributed by atoms with Crippen LogP contribution < -0.4 is 0 Å². The van der Waals surface area contributed by atoms with Crippen molar-refractivity contribution in [2.24, 2.45) is 0 Å². The van der Waals surface area contributed by atoms with Crippen LogP contribution in [0.4, 0.5) is 0 Å². The zero-order valence-corrected chi connectivity index (χ0v) is 20.4. The van der Waals surface area contributed by atoms with Crippen molar-refractivity contribution >= 4 is 48.5 Å². The van der Waals surface area contributed by atoms with Gasteiger partial charge in [-0.25, -0.2) is 4.79 Å². The molecule has 6 nitrogen and oxygen atoms in total. The van der Waals surface area contributed by atoms with Gasteiger partial charge in [-0.15, -0.1) is 0 Å². The Bertz CT molecular complexity index is 597. The maximum absolute atomic E-state index is 12.1. The SMILES string of the molecule is C=Cc1ccc(C(=O)OCCC[Si]2(C)O[SiH](C)O[SiH](C)O[SiH](C)O2)cc1. The van der Waals surface area contributed by atoms with Gasteiger partial charge in [-0.05, 0) is 56.3 Å². The minimum Gasteiger partial charge on any atom is -0.462 e. The van der Waals surface area contributed by atoms with Crippen LogP contribution in [0.5, 0.6) is 0 Å². The molecule has 0 aliphatic carbocycles. The number of ether oxygens (including phenoxy) is 1. The van der Waals surface area contributed by atoms with E-state index in [0.29, 0.717) is 18.6 Å². The number of hydrogen-bond acceptors (Lipinski definition) is 6. The molecule has 10 heteroatoms. The van der Waals surface area contributed by atoms with E-state index in [9.17, 15) is 4.79 Å². The molecule has 2 unspecified atom stereocenters. The topological polar surface area (TPSA) is 63.2 Å². The predicted octanol–water partition coefficient (Wildman–Crippen LogP) is 2.58. The summed E-state index contributed by atoms with van der Waals surface area (Å²) in [4.78, 5) is 12.1. The lowest BCUT2D eigenvalue weighted by molar-refractivity contribution is 0.0502. The van der Waals surface area contributed by atoms with E-state index in [1.807, 2.05) is 31.8 Å². The first-order chi connectivity index (χ1) is 12.3. The van der Waals surface area contributed by atoms with Gasteiger partial charge in [0.25, 0.3) is 27.9 Å². The molecule has 0 spiro atoms. The maximum atomic E-state index is 12.1. The van der Waals surface area contributed by atoms with Crippen LogP contribution in [0.25, 0.3) is 6.08 Å². The first-order valence-electron chi connectivity index (χ1n) is 8.87. The lowest BCUT2D eigenvalue weighted by Crippen LogP contribution is -2.53. The molecule has 0 amide bonds. The third-order valence-electron chi connectivity index (χ3n) is 3.99. The highest BCUT2D eigenvalue weighted by atomic mass is 28.5. The Balaban J connectivity index is 1.81. The van der Waals surface area contributed by atoms with Crippen molar-refractivity contribution < 1.29 is 26.0 Å². The van der Waals surface area contributed by atoms with Gasteiger partial charge in [0.15, 0.2) is 0 Å². The molecule has 1 aliphatic heterocycles. The van der Waals surface area contributed by atoms with E-state index >= 15 is 0 Å². The molecule has 0 aromatic heterocycles. The normalized spacial score (nSPS) is 29.5. The number of rotatable bonds is 6. The van der Waals surface area contributed by atoms with Crippen LogP contribution in [0.3, 0.4) is 0 Å². The summed E-state index contributed by atoms with van der Waals surface area (Å²) in [5, 5.41) is 0. The third kappa shape index (κ3) is 6.70. The van der Waals surface area contributed by atoms with E-state index in [2.05, 4.69) is 13.1 Å². The molecule has 1 heterocycles. The van der Waals surface area contributed by atoms with Crippen LogP contribution in [0.1, 0.15) is 22.3 Å². The van der Waals surface area contributed by atoms with Crippen LogP contribution in [-0.2, 0) is 21.2 Å². The molecular formula is C16H28O6Si4. The van der Waals surface area contributed by atoms with E-state index in [0.717, 1.165) is 11.6 Å². The van der Waals surface area contributed by atoms with Crippen molar-refractivity contribution in [3.8, 4) is 0 Å². The van der Waals surface area contributed by atoms with Gasteiger partial charge < -0.3 is 21.2 Å². The lowest BCUT2D eigenvalue weighted by Gasteiger charge is -2.37. The summed E-state index contributed by atoms with van der Waals surface area (Å²) in [6, 6.07) is 7.94. The fraction of sp³-hybridized carbons (Fsp3) is 0.438. The van der Waals surface area contributed by atoms with Crippen molar-refractivity contribution in [2.75, 3.05) is 6.61 Å². The molecule has 2 rings (SSSR count). The average Bonchev–Trinajstić information content (AvgIpc) is 2.56. The van der Waals surface area contributed by atoms with Gasteiger partial charge in [0.2, 0.25) is 0 Å². The zero-order valence-electron chi connectivity index (χ0n) is 15.9. The second kappa shape index (κ2) is 9.89. The second-order valence-corrected chi connectivity index (χ2v) is 16.6. The van der Waals surface area contributed by atoms with Gasteiger partial charge in [0.05, 0.1) is 12.2 Å². The average molecular weight is 429 g/mol. The van der Waals surface area contributed by atoms with E-state index in [4.69, 9.17) is 21.2 Å². The van der Waals surface area contributed by atoms with Crippen LogP contribution in [0.2, 0.25) is 32.2 Å². The molecule has 0 bridgehead atoms. The Kier molecular flexibility index (Phi) is 8.16. The number of carbonyl (C=O) groups excluding carboxylic acids is 1. The van der Waals surface area contributed by atoms with Crippen molar-refractivity contribution in [1.82, 2.24) is 0 Å². The van der Waals surface area contributed by atoms with Gasteiger partial charge >= 0.3 is 14.5 Å². The summed E-state index contributed by atoms with van der Waals surface area (Å²) in [7, 11) is -7.41. The van der Waals surface area contributed by atoms with E-state index in [-0.39, 0.29) is 5.97 Å². The molecule has 1 aromatic carbocycles. The quantitative estimate of drug-likeness (QED) is 0.394. The fourth-order valence-electron chi connectivity index (χ4n) is 2.87. The Morgan fingerprint density at radius 2 is 1.69 bits per heavy atom. The molecule has 26 heavy (non-hydrogen) atoms. The van der Waals surface area contributed by atoms with E-state index in [1.54, 1.807) is 18.2 Å². The Hall–Kier alpha value is -0.862. The fourth-order valence-corrected chi connectivity index (χ4v) is 17.5. The second-order valence-electron chi connectivity index (χ2n) is 6.41. The maximum Gasteiger partial charge on any atom is 0.338 e. The van der Waals surface area contributed by atoms with Crippen molar-refractivity contribution in [1.29, 1.82) is 0 Å². The van der Waals surface area contributed by atoms with Crippen molar-refractivity contribution in [3.63, 3.8) is 0 Å². The van der Waals surface area contributed by atoms with Gasteiger partial charge in [-0.2, -0.15) is 0 Å². The highest BCUT2D eigenvalue weighted by molar-refractivity contribution is 6.81. The summed E-state index contributed by atoms with van der Waals surface area (Å²) >= 11 is 0. The predicted molar refractivity (Wildman–Crippen MR) is 111 cm³/mol. The Labute approximate surface area is 161 Å². The number of esters is 1. The summed E-state index contributed by atoms with van der Waals surface area (Å²) in [6.45, 7) is 12.2. The third-order valence-corrected chi connectivity index (χ3v) is 18.0. The van der Waals surface area contributed by atoms with Crippen LogP contribution in [0, 0.1) is 0 Å². The largest absolute Gasteiger partial charge is 0.462 e. The summed E-state index contributed by atoms with van der Waals surface area (Å²) in [5.74, 6) is -0.316. The van der Waals surface area contributed by atoms with Crippen molar-refractivity contribution in [3.05, 3.63) is 42.0 Å². The van der Waals surface area contributed by atoms with E-state index < -0.39 is 36.4 Å². The molecule has 1 fully saturated rings. The Morgan fingerprint density at radius 1 is 1.12 bits per heavy atom. The smallest absolute Gasteiger partial charge is 0.338 e. The number of hydrogen-bond donors (Lipinski definition) is 0. The minimum atomic E-state index is -2.35.